The second-order valence-electron chi connectivity index (χ2n) is 10.6. The molecule has 2 aromatic heterocycles. The molecule has 1 aliphatic rings. The summed E-state index contributed by atoms with van der Waals surface area (Å²) in [5.74, 6) is 2.04. The van der Waals surface area contributed by atoms with Crippen LogP contribution in [0.4, 0.5) is 0 Å². The van der Waals surface area contributed by atoms with E-state index < -0.39 is 6.04 Å². The number of carbonyl (C=O) groups excluding carboxylic acids is 2. The van der Waals surface area contributed by atoms with Gasteiger partial charge in [-0.25, -0.2) is 5.01 Å². The van der Waals surface area contributed by atoms with Crippen molar-refractivity contribution in [2.45, 2.75) is 24.2 Å². The van der Waals surface area contributed by atoms with Crippen molar-refractivity contribution >= 4 is 40.6 Å². The Morgan fingerprint density at radius 2 is 1.59 bits per heavy atom. The van der Waals surface area contributed by atoms with E-state index in [2.05, 4.69) is 15.5 Å². The van der Waals surface area contributed by atoms with Crippen LogP contribution in [0.5, 0.6) is 23.0 Å². The Morgan fingerprint density at radius 3 is 2.33 bits per heavy atom. The lowest BCUT2D eigenvalue weighted by Gasteiger charge is -2.24. The van der Waals surface area contributed by atoms with Gasteiger partial charge in [0, 0.05) is 12.0 Å². The summed E-state index contributed by atoms with van der Waals surface area (Å²) < 4.78 is 24.1. The molecule has 2 amide bonds. The molecule has 6 rings (SSSR count). The Balaban J connectivity index is 1.29. The van der Waals surface area contributed by atoms with Crippen LogP contribution in [0.15, 0.2) is 94.5 Å². The van der Waals surface area contributed by atoms with E-state index in [-0.39, 0.29) is 24.1 Å². The third-order valence-electron chi connectivity index (χ3n) is 7.87. The van der Waals surface area contributed by atoms with Gasteiger partial charge in [0.2, 0.25) is 0 Å². The Kier molecular flexibility index (Phi) is 10.4. The van der Waals surface area contributed by atoms with E-state index in [1.165, 1.54) is 23.9 Å². The largest absolute Gasteiger partial charge is 0.496 e. The molecule has 0 aliphatic carbocycles. The number of hydrazone groups is 1. The molecule has 0 fully saturated rings. The summed E-state index contributed by atoms with van der Waals surface area (Å²) in [6.07, 6.45) is 0.508. The van der Waals surface area contributed by atoms with Crippen LogP contribution in [0.25, 0.3) is 5.69 Å². The van der Waals surface area contributed by atoms with Crippen LogP contribution in [0.2, 0.25) is 0 Å². The number of carbonyl (C=O) groups is 2. The van der Waals surface area contributed by atoms with E-state index in [9.17, 15) is 9.59 Å². The minimum atomic E-state index is -0.414. The number of thioether (sulfide) groups is 1. The maximum absolute atomic E-state index is 14.1. The standard InChI is InChI=1S/C35H34N6O6S2/c1-44-27-14-7-5-11-23(27)34(43)36-20-31-37-38-35(40(31)25-13-6-8-15-28(25)45-2)49-21-32(42)41-26(19-24(39-41)30-17-10-18-48-30)22-12-9-16-29(46-3)33(22)47-4/h5-18,26H,19-21H2,1-4H3,(H,36,43)/t26-/m0/s1. The number of benzene rings is 3. The first-order valence-corrected chi connectivity index (χ1v) is 17.1. The van der Waals surface area contributed by atoms with E-state index in [1.807, 2.05) is 60.0 Å². The lowest BCUT2D eigenvalue weighted by Crippen LogP contribution is -2.29. The van der Waals surface area contributed by atoms with Gasteiger partial charge in [-0.3, -0.25) is 14.2 Å². The molecule has 1 atom stereocenters. The molecule has 5 aromatic rings. The highest BCUT2D eigenvalue weighted by atomic mass is 32.2. The van der Waals surface area contributed by atoms with Crippen molar-refractivity contribution in [3.05, 3.63) is 106 Å². The van der Waals surface area contributed by atoms with Crippen LogP contribution in [0.1, 0.15) is 39.1 Å². The van der Waals surface area contributed by atoms with Gasteiger partial charge in [-0.2, -0.15) is 5.10 Å². The smallest absolute Gasteiger partial charge is 0.255 e. The Bertz CT molecular complexity index is 1980. The van der Waals surface area contributed by atoms with E-state index in [4.69, 9.17) is 24.0 Å². The number of ether oxygens (including phenoxy) is 4. The number of hydrogen-bond acceptors (Lipinski definition) is 11. The van der Waals surface area contributed by atoms with Crippen LogP contribution in [-0.4, -0.2) is 71.5 Å². The number of nitrogens with one attached hydrogen (secondary N) is 1. The molecule has 0 unspecified atom stereocenters. The second-order valence-corrected chi connectivity index (χ2v) is 12.5. The van der Waals surface area contributed by atoms with Crippen LogP contribution in [0, 0.1) is 0 Å². The SMILES string of the molecule is COc1ccccc1C(=O)NCc1nnc(SCC(=O)N2N=C(c3cccs3)C[C@H]2c2cccc(OC)c2OC)n1-c1ccccc1OC. The molecule has 1 N–H and O–H groups in total. The van der Waals surface area contributed by atoms with Crippen LogP contribution in [0.3, 0.4) is 0 Å². The van der Waals surface area contributed by atoms with Gasteiger partial charge in [-0.05, 0) is 41.8 Å². The average Bonchev–Trinajstić information content (AvgIpc) is 3.93. The van der Waals surface area contributed by atoms with Crippen molar-refractivity contribution in [1.82, 2.24) is 25.1 Å². The molecule has 12 nitrogen and oxygen atoms in total. The predicted octanol–water partition coefficient (Wildman–Crippen LogP) is 5.76. The van der Waals surface area contributed by atoms with Crippen LogP contribution >= 0.6 is 23.1 Å². The van der Waals surface area contributed by atoms with Gasteiger partial charge in [-0.15, -0.1) is 21.5 Å². The zero-order valence-corrected chi connectivity index (χ0v) is 28.9. The number of rotatable bonds is 13. The van der Waals surface area contributed by atoms with Crippen LogP contribution < -0.4 is 24.3 Å². The van der Waals surface area contributed by atoms with Gasteiger partial charge in [-0.1, -0.05) is 54.2 Å². The van der Waals surface area contributed by atoms with E-state index in [1.54, 1.807) is 61.5 Å². The van der Waals surface area contributed by atoms with Gasteiger partial charge in [0.25, 0.3) is 11.8 Å². The third-order valence-corrected chi connectivity index (χ3v) is 9.71. The number of nitrogens with zero attached hydrogens (tertiary/aromatic N) is 5. The summed E-state index contributed by atoms with van der Waals surface area (Å²) in [5, 5.41) is 20.5. The molecular formula is C35H34N6O6S2. The molecule has 3 aromatic carbocycles. The van der Waals surface area contributed by atoms with Crippen molar-refractivity contribution in [1.29, 1.82) is 0 Å². The summed E-state index contributed by atoms with van der Waals surface area (Å²) in [4.78, 5) is 28.2. The minimum absolute atomic E-state index is 0.00482. The lowest BCUT2D eigenvalue weighted by atomic mass is 9.99. The lowest BCUT2D eigenvalue weighted by molar-refractivity contribution is -0.130. The predicted molar refractivity (Wildman–Crippen MR) is 187 cm³/mol. The summed E-state index contributed by atoms with van der Waals surface area (Å²) in [5.41, 5.74) is 2.66. The molecule has 14 heteroatoms. The molecule has 1 aliphatic heterocycles. The summed E-state index contributed by atoms with van der Waals surface area (Å²) in [6.45, 7) is 0.0503. The van der Waals surface area contributed by atoms with E-state index >= 15 is 0 Å². The first kappa shape index (κ1) is 33.6. The van der Waals surface area contributed by atoms with Gasteiger partial charge in [0.1, 0.15) is 11.5 Å². The molecule has 252 valence electrons. The first-order valence-electron chi connectivity index (χ1n) is 15.2. The zero-order valence-electron chi connectivity index (χ0n) is 27.3. The maximum atomic E-state index is 14.1. The van der Waals surface area contributed by atoms with E-state index in [0.29, 0.717) is 51.7 Å². The topological polar surface area (TPSA) is 129 Å². The van der Waals surface area contributed by atoms with Gasteiger partial charge in [0.05, 0.1) is 68.6 Å². The Hall–Kier alpha value is -5.34. The number of para-hydroxylation sites is 4. The summed E-state index contributed by atoms with van der Waals surface area (Å²) in [6, 6.07) is 23.6. The molecule has 0 spiro atoms. The quantitative estimate of drug-likeness (QED) is 0.153. The highest BCUT2D eigenvalue weighted by Gasteiger charge is 2.36. The normalized spacial score (nSPS) is 13.9. The number of thiophene rings is 1. The molecule has 0 bridgehead atoms. The molecular weight excluding hydrogens is 665 g/mol. The van der Waals surface area contributed by atoms with Gasteiger partial charge < -0.3 is 24.3 Å². The summed E-state index contributed by atoms with van der Waals surface area (Å²) >= 11 is 2.79. The molecule has 0 radical (unpaired) electrons. The fourth-order valence-electron chi connectivity index (χ4n) is 5.59. The highest BCUT2D eigenvalue weighted by molar-refractivity contribution is 7.99. The van der Waals surface area contributed by atoms with Gasteiger partial charge >= 0.3 is 0 Å². The molecule has 3 heterocycles. The van der Waals surface area contributed by atoms with E-state index in [0.717, 1.165) is 16.2 Å². The third kappa shape index (κ3) is 6.96. The molecule has 49 heavy (non-hydrogen) atoms. The zero-order chi connectivity index (χ0) is 34.3. The van der Waals surface area contributed by atoms with Crippen LogP contribution in [-0.2, 0) is 11.3 Å². The number of hydrogen-bond donors (Lipinski definition) is 1. The Labute approximate surface area is 291 Å². The maximum Gasteiger partial charge on any atom is 0.255 e. The Morgan fingerprint density at radius 1 is 0.857 bits per heavy atom. The monoisotopic (exact) mass is 698 g/mol. The first-order chi connectivity index (χ1) is 24.0. The average molecular weight is 699 g/mol. The highest BCUT2D eigenvalue weighted by Crippen LogP contribution is 2.42. The molecule has 0 saturated carbocycles. The number of aromatic nitrogens is 3. The van der Waals surface area contributed by atoms with Crippen molar-refractivity contribution in [2.75, 3.05) is 34.2 Å². The fraction of sp³-hybridized carbons (Fsp3) is 0.229. The van der Waals surface area contributed by atoms with Crippen molar-refractivity contribution in [2.24, 2.45) is 5.10 Å². The van der Waals surface area contributed by atoms with Crippen molar-refractivity contribution in [3.63, 3.8) is 0 Å². The molecule has 0 saturated heterocycles. The fourth-order valence-corrected chi connectivity index (χ4v) is 7.13. The minimum Gasteiger partial charge on any atom is -0.496 e. The van der Waals surface area contributed by atoms with Crippen molar-refractivity contribution in [3.8, 4) is 28.7 Å². The van der Waals surface area contributed by atoms with Gasteiger partial charge in [0.15, 0.2) is 22.5 Å². The summed E-state index contributed by atoms with van der Waals surface area (Å²) in [7, 11) is 6.26. The van der Waals surface area contributed by atoms with Crippen molar-refractivity contribution < 1.29 is 28.5 Å². The number of amides is 2. The second kappa shape index (κ2) is 15.3. The number of methoxy groups -OCH3 is 4.